The Labute approximate surface area is 102 Å². The highest BCUT2D eigenvalue weighted by atomic mass is 16.6. The van der Waals surface area contributed by atoms with Crippen LogP contribution in [0.25, 0.3) is 0 Å². The second kappa shape index (κ2) is 4.51. The Morgan fingerprint density at radius 3 is 1.82 bits per heavy atom. The number of carbonyl (C=O) groups excluding carboxylic acids is 2. The molecule has 96 valence electrons. The number of rotatable bonds is 5. The first-order valence-corrected chi connectivity index (χ1v) is 5.87. The van der Waals surface area contributed by atoms with Crippen molar-refractivity contribution in [1.29, 1.82) is 0 Å². The van der Waals surface area contributed by atoms with Crippen molar-refractivity contribution < 1.29 is 19.1 Å². The van der Waals surface area contributed by atoms with E-state index in [9.17, 15) is 9.59 Å². The topological polar surface area (TPSA) is 52.6 Å². The molecule has 1 atom stereocenters. The van der Waals surface area contributed by atoms with Crippen molar-refractivity contribution in [2.75, 3.05) is 13.2 Å². The minimum absolute atomic E-state index is 0.256. The molecular weight excluding hydrogens is 220 g/mol. The third kappa shape index (κ3) is 1.85. The predicted molar refractivity (Wildman–Crippen MR) is 63.2 cm³/mol. The molecule has 17 heavy (non-hydrogen) atoms. The average Bonchev–Trinajstić information content (AvgIpc) is 2.89. The lowest BCUT2D eigenvalue weighted by Gasteiger charge is -2.20. The summed E-state index contributed by atoms with van der Waals surface area (Å²) in [6.07, 6.45) is 0.424. The number of ether oxygens (including phenoxy) is 2. The Morgan fingerprint density at radius 1 is 1.18 bits per heavy atom. The van der Waals surface area contributed by atoms with E-state index in [4.69, 9.17) is 9.47 Å². The average molecular weight is 240 g/mol. The van der Waals surface area contributed by atoms with Crippen LogP contribution < -0.4 is 0 Å². The van der Waals surface area contributed by atoms with Crippen molar-refractivity contribution in [2.24, 2.45) is 10.8 Å². The van der Waals surface area contributed by atoms with Crippen molar-refractivity contribution in [1.82, 2.24) is 0 Å². The van der Waals surface area contributed by atoms with Crippen LogP contribution in [0.2, 0.25) is 0 Å². The molecule has 0 radical (unpaired) electrons. The molecule has 0 aromatic rings. The quantitative estimate of drug-likeness (QED) is 0.419. The molecule has 0 aliphatic heterocycles. The Hall–Kier alpha value is -1.32. The maximum absolute atomic E-state index is 12.0. The molecule has 1 rings (SSSR count). The van der Waals surface area contributed by atoms with Gasteiger partial charge in [0, 0.05) is 5.41 Å². The zero-order chi connectivity index (χ0) is 13.3. The summed E-state index contributed by atoms with van der Waals surface area (Å²) in [5, 5.41) is 0. The van der Waals surface area contributed by atoms with Gasteiger partial charge in [-0.1, -0.05) is 19.1 Å². The van der Waals surface area contributed by atoms with Gasteiger partial charge in [0.05, 0.1) is 13.2 Å². The van der Waals surface area contributed by atoms with Crippen molar-refractivity contribution in [3.8, 4) is 0 Å². The second-order valence-corrected chi connectivity index (χ2v) is 4.64. The van der Waals surface area contributed by atoms with E-state index < -0.39 is 22.8 Å². The summed E-state index contributed by atoms with van der Waals surface area (Å²) >= 11 is 0. The molecule has 1 aliphatic carbocycles. The first-order chi connectivity index (χ1) is 7.86. The van der Waals surface area contributed by atoms with Crippen LogP contribution in [0.1, 0.15) is 34.1 Å². The molecule has 4 nitrogen and oxygen atoms in total. The Balaban J connectivity index is 3.02. The molecule has 1 saturated carbocycles. The van der Waals surface area contributed by atoms with Crippen LogP contribution in [0.4, 0.5) is 0 Å². The first kappa shape index (κ1) is 13.7. The zero-order valence-corrected chi connectivity index (χ0v) is 11.0. The standard InChI is InChI=1S/C13H20O4/c1-6-16-10(14)13(11(15)17-7-2)8-12(13,5)9(3)4/h3,6-8H2,1-2,4-5H3. The zero-order valence-electron chi connectivity index (χ0n) is 11.0. The molecule has 1 aliphatic rings. The molecule has 0 heterocycles. The molecule has 0 amide bonds. The van der Waals surface area contributed by atoms with Gasteiger partial charge in [-0.15, -0.1) is 0 Å². The molecule has 1 unspecified atom stereocenters. The first-order valence-electron chi connectivity index (χ1n) is 5.87. The molecule has 0 saturated heterocycles. The Kier molecular flexibility index (Phi) is 3.65. The number of hydrogen-bond acceptors (Lipinski definition) is 4. The fourth-order valence-electron chi connectivity index (χ4n) is 2.19. The fraction of sp³-hybridized carbons (Fsp3) is 0.692. The highest BCUT2D eigenvalue weighted by Gasteiger charge is 2.76. The number of hydrogen-bond donors (Lipinski definition) is 0. The maximum atomic E-state index is 12.0. The van der Waals surface area contributed by atoms with Crippen LogP contribution >= 0.6 is 0 Å². The van der Waals surface area contributed by atoms with Gasteiger partial charge in [0.15, 0.2) is 5.41 Å². The molecule has 1 fully saturated rings. The van der Waals surface area contributed by atoms with Gasteiger partial charge in [-0.25, -0.2) is 0 Å². The molecular formula is C13H20O4. The van der Waals surface area contributed by atoms with E-state index in [1.54, 1.807) is 13.8 Å². The van der Waals surface area contributed by atoms with Crippen LogP contribution in [0.3, 0.4) is 0 Å². The van der Waals surface area contributed by atoms with Gasteiger partial charge in [-0.3, -0.25) is 9.59 Å². The lowest BCUT2D eigenvalue weighted by molar-refractivity contribution is -0.165. The third-order valence-electron chi connectivity index (χ3n) is 3.63. The maximum Gasteiger partial charge on any atom is 0.324 e. The normalized spacial score (nSPS) is 24.9. The van der Waals surface area contributed by atoms with E-state index in [-0.39, 0.29) is 13.2 Å². The predicted octanol–water partition coefficient (Wildman–Crippen LogP) is 2.09. The van der Waals surface area contributed by atoms with Gasteiger partial charge in [0.2, 0.25) is 0 Å². The van der Waals surface area contributed by atoms with Crippen LogP contribution in [0, 0.1) is 10.8 Å². The van der Waals surface area contributed by atoms with Gasteiger partial charge >= 0.3 is 11.9 Å². The van der Waals surface area contributed by atoms with Crippen molar-refractivity contribution >= 4 is 11.9 Å². The molecule has 0 N–H and O–H groups in total. The van der Waals surface area contributed by atoms with Crippen molar-refractivity contribution in [2.45, 2.75) is 34.1 Å². The van der Waals surface area contributed by atoms with Gasteiger partial charge in [0.25, 0.3) is 0 Å². The molecule has 0 spiro atoms. The minimum atomic E-state index is -1.18. The highest BCUT2D eigenvalue weighted by molar-refractivity contribution is 6.05. The van der Waals surface area contributed by atoms with Crippen LogP contribution in [0.15, 0.2) is 12.2 Å². The molecule has 4 heteroatoms. The largest absolute Gasteiger partial charge is 0.465 e. The third-order valence-corrected chi connectivity index (χ3v) is 3.63. The summed E-state index contributed by atoms with van der Waals surface area (Å²) in [6, 6.07) is 0. The summed E-state index contributed by atoms with van der Waals surface area (Å²) in [7, 11) is 0. The van der Waals surface area contributed by atoms with Gasteiger partial charge in [-0.05, 0) is 27.2 Å². The van der Waals surface area contributed by atoms with E-state index in [1.165, 1.54) is 0 Å². The SMILES string of the molecule is C=C(C)C1(C)CC1(C(=O)OCC)C(=O)OCC. The fourth-order valence-corrected chi connectivity index (χ4v) is 2.19. The Bertz CT molecular complexity index is 340. The summed E-state index contributed by atoms with van der Waals surface area (Å²) in [5.41, 5.74) is -0.908. The van der Waals surface area contributed by atoms with E-state index in [0.717, 1.165) is 5.57 Å². The molecule has 0 aromatic carbocycles. The summed E-state index contributed by atoms with van der Waals surface area (Å²) in [4.78, 5) is 24.0. The van der Waals surface area contributed by atoms with Gasteiger partial charge < -0.3 is 9.47 Å². The van der Waals surface area contributed by atoms with Crippen LogP contribution in [-0.4, -0.2) is 25.2 Å². The summed E-state index contributed by atoms with van der Waals surface area (Å²) in [6.45, 7) is 11.5. The lowest BCUT2D eigenvalue weighted by atomic mass is 9.89. The summed E-state index contributed by atoms with van der Waals surface area (Å²) in [5.74, 6) is -0.993. The smallest absolute Gasteiger partial charge is 0.324 e. The van der Waals surface area contributed by atoms with Crippen molar-refractivity contribution in [3.63, 3.8) is 0 Å². The van der Waals surface area contributed by atoms with Crippen LogP contribution in [0.5, 0.6) is 0 Å². The van der Waals surface area contributed by atoms with Crippen molar-refractivity contribution in [3.05, 3.63) is 12.2 Å². The van der Waals surface area contributed by atoms with E-state index in [1.807, 2.05) is 13.8 Å². The molecule has 0 aromatic heterocycles. The van der Waals surface area contributed by atoms with E-state index >= 15 is 0 Å². The van der Waals surface area contributed by atoms with E-state index in [0.29, 0.717) is 6.42 Å². The number of esters is 2. The van der Waals surface area contributed by atoms with Crippen LogP contribution in [-0.2, 0) is 19.1 Å². The Morgan fingerprint density at radius 2 is 1.59 bits per heavy atom. The second-order valence-electron chi connectivity index (χ2n) is 4.64. The monoisotopic (exact) mass is 240 g/mol. The van der Waals surface area contributed by atoms with E-state index in [2.05, 4.69) is 6.58 Å². The molecule has 0 bridgehead atoms. The lowest BCUT2D eigenvalue weighted by Crippen LogP contribution is -2.35. The van der Waals surface area contributed by atoms with Gasteiger partial charge in [0.1, 0.15) is 0 Å². The van der Waals surface area contributed by atoms with Gasteiger partial charge in [-0.2, -0.15) is 0 Å². The summed E-state index contributed by atoms with van der Waals surface area (Å²) < 4.78 is 10.0. The number of allylic oxidation sites excluding steroid dienone is 1. The number of carbonyl (C=O) groups is 2. The highest BCUT2D eigenvalue weighted by Crippen LogP contribution is 2.68. The minimum Gasteiger partial charge on any atom is -0.465 e.